The molecule has 1 amide bonds. The van der Waals surface area contributed by atoms with Crippen molar-refractivity contribution in [3.63, 3.8) is 0 Å². The van der Waals surface area contributed by atoms with Gasteiger partial charge in [0.25, 0.3) is 0 Å². The SMILES string of the molecule is C=CCNC(=O)CN1CCCCC1CNC(C)(C)C. The van der Waals surface area contributed by atoms with Crippen molar-refractivity contribution in [1.29, 1.82) is 0 Å². The van der Waals surface area contributed by atoms with Crippen LogP contribution < -0.4 is 10.6 Å². The lowest BCUT2D eigenvalue weighted by atomic mass is 10.0. The van der Waals surface area contributed by atoms with Gasteiger partial charge in [-0.3, -0.25) is 9.69 Å². The molecule has 1 saturated heterocycles. The summed E-state index contributed by atoms with van der Waals surface area (Å²) in [7, 11) is 0. The Hall–Kier alpha value is -0.870. The third-order valence-electron chi connectivity index (χ3n) is 3.41. The fourth-order valence-electron chi connectivity index (χ4n) is 2.35. The molecule has 1 heterocycles. The third kappa shape index (κ3) is 6.73. The second-order valence-corrected chi connectivity index (χ2v) is 6.34. The molecule has 0 aromatic carbocycles. The Bertz CT molecular complexity index is 296. The monoisotopic (exact) mass is 267 g/mol. The molecule has 19 heavy (non-hydrogen) atoms. The van der Waals surface area contributed by atoms with Crippen LogP contribution in [0.4, 0.5) is 0 Å². The van der Waals surface area contributed by atoms with Gasteiger partial charge in [0.05, 0.1) is 6.54 Å². The van der Waals surface area contributed by atoms with E-state index in [0.717, 1.165) is 13.1 Å². The predicted octanol–water partition coefficient (Wildman–Crippen LogP) is 1.53. The van der Waals surface area contributed by atoms with Gasteiger partial charge < -0.3 is 10.6 Å². The van der Waals surface area contributed by atoms with Crippen molar-refractivity contribution >= 4 is 5.91 Å². The Morgan fingerprint density at radius 3 is 2.79 bits per heavy atom. The number of nitrogens with one attached hydrogen (secondary N) is 2. The molecule has 1 rings (SSSR count). The van der Waals surface area contributed by atoms with Gasteiger partial charge in [0.2, 0.25) is 5.91 Å². The number of rotatable bonds is 6. The lowest BCUT2D eigenvalue weighted by Crippen LogP contribution is -2.52. The number of likely N-dealkylation sites (tertiary alicyclic amines) is 1. The Kier molecular flexibility index (Phi) is 6.52. The second kappa shape index (κ2) is 7.65. The molecule has 2 N–H and O–H groups in total. The maximum absolute atomic E-state index is 11.8. The average Bonchev–Trinajstić information content (AvgIpc) is 2.34. The smallest absolute Gasteiger partial charge is 0.234 e. The summed E-state index contributed by atoms with van der Waals surface area (Å²) in [6.45, 7) is 13.2. The molecule has 0 bridgehead atoms. The van der Waals surface area contributed by atoms with E-state index < -0.39 is 0 Å². The van der Waals surface area contributed by atoms with Crippen molar-refractivity contribution in [1.82, 2.24) is 15.5 Å². The molecule has 0 radical (unpaired) electrons. The van der Waals surface area contributed by atoms with Crippen molar-refractivity contribution in [2.45, 2.75) is 51.6 Å². The van der Waals surface area contributed by atoms with Crippen LogP contribution in [0.2, 0.25) is 0 Å². The summed E-state index contributed by atoms with van der Waals surface area (Å²) in [5.74, 6) is 0.0996. The molecule has 1 unspecified atom stereocenters. The first-order valence-corrected chi connectivity index (χ1v) is 7.29. The molecule has 110 valence electrons. The highest BCUT2D eigenvalue weighted by molar-refractivity contribution is 5.78. The van der Waals surface area contributed by atoms with Gasteiger partial charge in [-0.15, -0.1) is 6.58 Å². The van der Waals surface area contributed by atoms with Crippen LogP contribution in [-0.2, 0) is 4.79 Å². The zero-order valence-corrected chi connectivity index (χ0v) is 12.7. The van der Waals surface area contributed by atoms with Crippen LogP contribution in [0.5, 0.6) is 0 Å². The van der Waals surface area contributed by atoms with Crippen LogP contribution in [0, 0.1) is 0 Å². The molecule has 4 nitrogen and oxygen atoms in total. The summed E-state index contributed by atoms with van der Waals surface area (Å²) in [6.07, 6.45) is 5.35. The van der Waals surface area contributed by atoms with Crippen molar-refractivity contribution in [2.24, 2.45) is 0 Å². The van der Waals surface area contributed by atoms with Crippen molar-refractivity contribution in [3.05, 3.63) is 12.7 Å². The zero-order valence-electron chi connectivity index (χ0n) is 12.7. The minimum absolute atomic E-state index is 0.0996. The molecule has 0 aliphatic carbocycles. The van der Waals surface area contributed by atoms with Gasteiger partial charge >= 0.3 is 0 Å². The number of hydrogen-bond donors (Lipinski definition) is 2. The van der Waals surface area contributed by atoms with E-state index in [-0.39, 0.29) is 11.4 Å². The van der Waals surface area contributed by atoms with E-state index in [0.29, 0.717) is 19.1 Å². The largest absolute Gasteiger partial charge is 0.352 e. The second-order valence-electron chi connectivity index (χ2n) is 6.34. The molecule has 0 aromatic rings. The summed E-state index contributed by atoms with van der Waals surface area (Å²) in [4.78, 5) is 14.1. The Labute approximate surface area is 117 Å². The Morgan fingerprint density at radius 1 is 1.42 bits per heavy atom. The lowest BCUT2D eigenvalue weighted by molar-refractivity contribution is -0.122. The average molecular weight is 267 g/mol. The summed E-state index contributed by atoms with van der Waals surface area (Å²) in [6, 6.07) is 0.474. The summed E-state index contributed by atoms with van der Waals surface area (Å²) < 4.78 is 0. The Balaban J connectivity index is 2.43. The molecule has 0 aromatic heterocycles. The maximum Gasteiger partial charge on any atom is 0.234 e. The van der Waals surface area contributed by atoms with Gasteiger partial charge in [0, 0.05) is 24.7 Å². The molecule has 0 spiro atoms. The van der Waals surface area contributed by atoms with E-state index in [2.05, 4.69) is 42.9 Å². The van der Waals surface area contributed by atoms with E-state index in [1.807, 2.05) is 0 Å². The molecule has 1 aliphatic rings. The molecular weight excluding hydrogens is 238 g/mol. The van der Waals surface area contributed by atoms with Crippen LogP contribution in [0.3, 0.4) is 0 Å². The van der Waals surface area contributed by atoms with Gasteiger partial charge in [-0.2, -0.15) is 0 Å². The summed E-state index contributed by atoms with van der Waals surface area (Å²) >= 11 is 0. The number of piperidine rings is 1. The van der Waals surface area contributed by atoms with Gasteiger partial charge in [0.1, 0.15) is 0 Å². The quantitative estimate of drug-likeness (QED) is 0.717. The van der Waals surface area contributed by atoms with Crippen LogP contribution in [0.25, 0.3) is 0 Å². The van der Waals surface area contributed by atoms with Crippen molar-refractivity contribution < 1.29 is 4.79 Å². The van der Waals surface area contributed by atoms with Crippen LogP contribution in [-0.4, -0.2) is 48.6 Å². The van der Waals surface area contributed by atoms with Gasteiger partial charge in [-0.1, -0.05) is 12.5 Å². The number of amides is 1. The minimum atomic E-state index is 0.0996. The fourth-order valence-corrected chi connectivity index (χ4v) is 2.35. The maximum atomic E-state index is 11.8. The first-order chi connectivity index (χ1) is 8.92. The van der Waals surface area contributed by atoms with E-state index >= 15 is 0 Å². The number of hydrogen-bond acceptors (Lipinski definition) is 3. The zero-order chi connectivity index (χ0) is 14.3. The molecule has 1 fully saturated rings. The number of nitrogens with zero attached hydrogens (tertiary/aromatic N) is 1. The molecule has 0 saturated carbocycles. The molecule has 4 heteroatoms. The van der Waals surface area contributed by atoms with Gasteiger partial charge in [-0.05, 0) is 40.2 Å². The van der Waals surface area contributed by atoms with E-state index in [9.17, 15) is 4.79 Å². The first kappa shape index (κ1) is 16.2. The topological polar surface area (TPSA) is 44.4 Å². The standard InChI is InChI=1S/C15H29N3O/c1-5-9-16-14(19)12-18-10-7-6-8-13(18)11-17-15(2,3)4/h5,13,17H,1,6-12H2,2-4H3,(H,16,19). The highest BCUT2D eigenvalue weighted by Gasteiger charge is 2.25. The van der Waals surface area contributed by atoms with Crippen LogP contribution >= 0.6 is 0 Å². The number of carbonyl (C=O) groups excluding carboxylic acids is 1. The highest BCUT2D eigenvalue weighted by atomic mass is 16.2. The van der Waals surface area contributed by atoms with Crippen molar-refractivity contribution in [2.75, 3.05) is 26.2 Å². The summed E-state index contributed by atoms with van der Waals surface area (Å²) in [5, 5.41) is 6.40. The summed E-state index contributed by atoms with van der Waals surface area (Å²) in [5.41, 5.74) is 0.133. The first-order valence-electron chi connectivity index (χ1n) is 7.29. The van der Waals surface area contributed by atoms with Crippen LogP contribution in [0.15, 0.2) is 12.7 Å². The van der Waals surface area contributed by atoms with Crippen molar-refractivity contribution in [3.8, 4) is 0 Å². The molecular formula is C15H29N3O. The molecule has 1 aliphatic heterocycles. The third-order valence-corrected chi connectivity index (χ3v) is 3.41. The van der Waals surface area contributed by atoms with E-state index in [1.165, 1.54) is 19.3 Å². The normalized spacial score (nSPS) is 21.1. The fraction of sp³-hybridized carbons (Fsp3) is 0.800. The van der Waals surface area contributed by atoms with Gasteiger partial charge in [0.15, 0.2) is 0 Å². The van der Waals surface area contributed by atoms with Crippen LogP contribution in [0.1, 0.15) is 40.0 Å². The number of carbonyl (C=O) groups is 1. The highest BCUT2D eigenvalue weighted by Crippen LogP contribution is 2.16. The minimum Gasteiger partial charge on any atom is -0.352 e. The van der Waals surface area contributed by atoms with Gasteiger partial charge in [-0.25, -0.2) is 0 Å². The van der Waals surface area contributed by atoms with E-state index in [1.54, 1.807) is 6.08 Å². The molecule has 1 atom stereocenters. The van der Waals surface area contributed by atoms with E-state index in [4.69, 9.17) is 0 Å². The lowest BCUT2D eigenvalue weighted by Gasteiger charge is -2.37. The Morgan fingerprint density at radius 2 is 2.16 bits per heavy atom. The predicted molar refractivity (Wildman–Crippen MR) is 80.2 cm³/mol.